The molecule has 1 aromatic carbocycles. The molecule has 0 bridgehead atoms. The Morgan fingerprint density at radius 2 is 2.05 bits per heavy atom. The molecule has 0 radical (unpaired) electrons. The lowest BCUT2D eigenvalue weighted by Gasteiger charge is -2.12. The maximum Gasteiger partial charge on any atom is 0.335 e. The average Bonchev–Trinajstić information content (AvgIpc) is 2.51. The van der Waals surface area contributed by atoms with E-state index in [1.165, 1.54) is 0 Å². The summed E-state index contributed by atoms with van der Waals surface area (Å²) in [6, 6.07) is 9.50. The van der Waals surface area contributed by atoms with Crippen molar-refractivity contribution in [1.82, 2.24) is 5.32 Å². The molecule has 1 N–H and O–H groups in total. The van der Waals surface area contributed by atoms with Crippen LogP contribution in [0.1, 0.15) is 18.9 Å². The van der Waals surface area contributed by atoms with Crippen LogP contribution in [0, 0.1) is 0 Å². The third kappa shape index (κ3) is 7.27. The van der Waals surface area contributed by atoms with Gasteiger partial charge in [-0.25, -0.2) is 4.79 Å². The number of benzene rings is 1. The maximum atomic E-state index is 11.6. The summed E-state index contributed by atoms with van der Waals surface area (Å²) in [5.41, 5.74) is 0.985. The van der Waals surface area contributed by atoms with Gasteiger partial charge in [-0.15, -0.1) is 6.58 Å². The Hall–Kier alpha value is -2.14. The molecule has 114 valence electrons. The van der Waals surface area contributed by atoms with Gasteiger partial charge in [-0.05, 0) is 18.9 Å². The van der Waals surface area contributed by atoms with Gasteiger partial charge in [0.1, 0.15) is 0 Å². The van der Waals surface area contributed by atoms with E-state index in [2.05, 4.69) is 11.9 Å². The van der Waals surface area contributed by atoms with E-state index in [4.69, 9.17) is 9.47 Å². The standard InChI is InChI=1S/C16H21NO4/c1-3-4-10-20-13(2)16(19)21-12-15(18)17-11-14-8-6-5-7-9-14/h3,5-9,13H,1,4,10-12H2,2H3,(H,17,18). The zero-order chi connectivity index (χ0) is 15.5. The van der Waals surface area contributed by atoms with Gasteiger partial charge in [0.2, 0.25) is 0 Å². The van der Waals surface area contributed by atoms with Crippen LogP contribution in [0.2, 0.25) is 0 Å². The molecule has 5 heteroatoms. The van der Waals surface area contributed by atoms with Crippen molar-refractivity contribution >= 4 is 11.9 Å². The molecule has 0 saturated carbocycles. The number of rotatable bonds is 9. The van der Waals surface area contributed by atoms with E-state index in [0.29, 0.717) is 19.6 Å². The summed E-state index contributed by atoms with van der Waals surface area (Å²) >= 11 is 0. The Morgan fingerprint density at radius 3 is 2.71 bits per heavy atom. The molecule has 0 fully saturated rings. The summed E-state index contributed by atoms with van der Waals surface area (Å²) in [6.07, 6.45) is 1.68. The molecule has 21 heavy (non-hydrogen) atoms. The molecule has 1 rings (SSSR count). The van der Waals surface area contributed by atoms with E-state index in [1.54, 1.807) is 13.0 Å². The normalized spacial score (nSPS) is 11.5. The fourth-order valence-electron chi connectivity index (χ4n) is 1.50. The van der Waals surface area contributed by atoms with Crippen LogP contribution in [0.4, 0.5) is 0 Å². The smallest absolute Gasteiger partial charge is 0.335 e. The van der Waals surface area contributed by atoms with Gasteiger partial charge in [0.25, 0.3) is 5.91 Å². The lowest BCUT2D eigenvalue weighted by molar-refractivity contribution is -0.159. The summed E-state index contributed by atoms with van der Waals surface area (Å²) in [6.45, 7) is 5.65. The third-order valence-electron chi connectivity index (χ3n) is 2.70. The lowest BCUT2D eigenvalue weighted by Crippen LogP contribution is -2.31. The Bertz CT molecular complexity index is 459. The van der Waals surface area contributed by atoms with Crippen molar-refractivity contribution in [2.45, 2.75) is 26.0 Å². The van der Waals surface area contributed by atoms with Crippen LogP contribution in [-0.2, 0) is 25.6 Å². The highest BCUT2D eigenvalue weighted by molar-refractivity contribution is 5.81. The van der Waals surface area contributed by atoms with Gasteiger partial charge >= 0.3 is 5.97 Å². The van der Waals surface area contributed by atoms with Crippen LogP contribution in [0.15, 0.2) is 43.0 Å². The highest BCUT2D eigenvalue weighted by atomic mass is 16.6. The fourth-order valence-corrected chi connectivity index (χ4v) is 1.50. The van der Waals surface area contributed by atoms with Crippen LogP contribution >= 0.6 is 0 Å². The van der Waals surface area contributed by atoms with E-state index in [-0.39, 0.29) is 12.5 Å². The molecule has 0 aliphatic rings. The van der Waals surface area contributed by atoms with Gasteiger partial charge < -0.3 is 14.8 Å². The first-order valence-corrected chi connectivity index (χ1v) is 6.83. The molecule has 1 atom stereocenters. The summed E-state index contributed by atoms with van der Waals surface area (Å²) in [5, 5.41) is 2.68. The van der Waals surface area contributed by atoms with E-state index in [1.807, 2.05) is 30.3 Å². The quantitative estimate of drug-likeness (QED) is 0.428. The van der Waals surface area contributed by atoms with Crippen LogP contribution in [0.5, 0.6) is 0 Å². The number of nitrogens with one attached hydrogen (secondary N) is 1. The molecular weight excluding hydrogens is 270 g/mol. The van der Waals surface area contributed by atoms with Crippen molar-refractivity contribution in [2.75, 3.05) is 13.2 Å². The van der Waals surface area contributed by atoms with E-state index in [9.17, 15) is 9.59 Å². The molecule has 0 aliphatic heterocycles. The molecule has 0 spiro atoms. The van der Waals surface area contributed by atoms with Crippen molar-refractivity contribution in [1.29, 1.82) is 0 Å². The second kappa shape index (κ2) is 9.72. The van der Waals surface area contributed by atoms with Gasteiger partial charge in [0.15, 0.2) is 12.7 Å². The van der Waals surface area contributed by atoms with Gasteiger partial charge in [-0.2, -0.15) is 0 Å². The van der Waals surface area contributed by atoms with Gasteiger partial charge in [0.05, 0.1) is 6.61 Å². The Kier molecular flexibility index (Phi) is 7.82. The summed E-state index contributed by atoms with van der Waals surface area (Å²) < 4.78 is 10.1. The van der Waals surface area contributed by atoms with Crippen molar-refractivity contribution in [3.8, 4) is 0 Å². The van der Waals surface area contributed by atoms with E-state index < -0.39 is 12.1 Å². The largest absolute Gasteiger partial charge is 0.454 e. The van der Waals surface area contributed by atoms with Crippen molar-refractivity contribution in [3.63, 3.8) is 0 Å². The molecule has 1 aromatic rings. The van der Waals surface area contributed by atoms with E-state index in [0.717, 1.165) is 5.56 Å². The molecule has 0 heterocycles. The van der Waals surface area contributed by atoms with Crippen LogP contribution in [-0.4, -0.2) is 31.2 Å². The van der Waals surface area contributed by atoms with Crippen LogP contribution < -0.4 is 5.32 Å². The van der Waals surface area contributed by atoms with Crippen LogP contribution in [0.3, 0.4) is 0 Å². The van der Waals surface area contributed by atoms with Crippen molar-refractivity contribution < 1.29 is 19.1 Å². The first kappa shape index (κ1) is 16.9. The highest BCUT2D eigenvalue weighted by Crippen LogP contribution is 1.98. The lowest BCUT2D eigenvalue weighted by atomic mass is 10.2. The molecule has 1 unspecified atom stereocenters. The summed E-state index contributed by atoms with van der Waals surface area (Å²) in [5.74, 6) is -0.889. The minimum atomic E-state index is -0.688. The number of carbonyl (C=O) groups excluding carboxylic acids is 2. The monoisotopic (exact) mass is 291 g/mol. The SMILES string of the molecule is C=CCCOC(C)C(=O)OCC(=O)NCc1ccccc1. The zero-order valence-electron chi connectivity index (χ0n) is 12.2. The molecule has 0 aliphatic carbocycles. The zero-order valence-corrected chi connectivity index (χ0v) is 12.2. The highest BCUT2D eigenvalue weighted by Gasteiger charge is 2.16. The van der Waals surface area contributed by atoms with Gasteiger partial charge in [-0.3, -0.25) is 4.79 Å². The number of hydrogen-bond acceptors (Lipinski definition) is 4. The number of carbonyl (C=O) groups is 2. The van der Waals surface area contributed by atoms with Crippen molar-refractivity contribution in [2.24, 2.45) is 0 Å². The number of esters is 1. The topological polar surface area (TPSA) is 64.6 Å². The fraction of sp³-hybridized carbons (Fsp3) is 0.375. The molecule has 5 nitrogen and oxygen atoms in total. The molecular formula is C16H21NO4. The number of amides is 1. The molecule has 1 amide bonds. The second-order valence-electron chi connectivity index (χ2n) is 4.46. The maximum absolute atomic E-state index is 11.6. The Balaban J connectivity index is 2.20. The van der Waals surface area contributed by atoms with Gasteiger partial charge in [-0.1, -0.05) is 36.4 Å². The number of ether oxygens (including phenoxy) is 2. The Morgan fingerprint density at radius 1 is 1.33 bits per heavy atom. The van der Waals surface area contributed by atoms with Crippen molar-refractivity contribution in [3.05, 3.63) is 48.6 Å². The van der Waals surface area contributed by atoms with Gasteiger partial charge in [0, 0.05) is 6.54 Å². The van der Waals surface area contributed by atoms with E-state index >= 15 is 0 Å². The summed E-state index contributed by atoms with van der Waals surface area (Å²) in [7, 11) is 0. The van der Waals surface area contributed by atoms with Crippen LogP contribution in [0.25, 0.3) is 0 Å². The Labute approximate surface area is 124 Å². The average molecular weight is 291 g/mol. The third-order valence-corrected chi connectivity index (χ3v) is 2.70. The first-order chi connectivity index (χ1) is 10.1. The predicted octanol–water partition coefficient (Wildman–Crippen LogP) is 1.83. The minimum Gasteiger partial charge on any atom is -0.454 e. The first-order valence-electron chi connectivity index (χ1n) is 6.83. The molecule has 0 saturated heterocycles. The minimum absolute atomic E-state index is 0.305. The second-order valence-corrected chi connectivity index (χ2v) is 4.46. The molecule has 0 aromatic heterocycles. The summed E-state index contributed by atoms with van der Waals surface area (Å²) in [4.78, 5) is 23.1. The number of hydrogen-bond donors (Lipinski definition) is 1. The predicted molar refractivity (Wildman–Crippen MR) is 79.5 cm³/mol.